The van der Waals surface area contributed by atoms with Crippen molar-refractivity contribution in [3.63, 3.8) is 0 Å². The predicted molar refractivity (Wildman–Crippen MR) is 163 cm³/mol. The third kappa shape index (κ3) is 7.37. The second kappa shape index (κ2) is 12.9. The zero-order chi connectivity index (χ0) is 32.5. The second-order valence-corrected chi connectivity index (χ2v) is 13.7. The number of carboxylic acid groups (broad SMARTS) is 1. The van der Waals surface area contributed by atoms with E-state index >= 15 is 0 Å². The van der Waals surface area contributed by atoms with Gasteiger partial charge in [0.1, 0.15) is 29.3 Å². The highest BCUT2D eigenvalue weighted by Gasteiger charge is 2.61. The summed E-state index contributed by atoms with van der Waals surface area (Å²) >= 11 is 6.32. The van der Waals surface area contributed by atoms with E-state index in [1.807, 2.05) is 24.3 Å². The van der Waals surface area contributed by atoms with Gasteiger partial charge in [-0.05, 0) is 63.6 Å². The third-order valence-electron chi connectivity index (χ3n) is 8.76. The van der Waals surface area contributed by atoms with Gasteiger partial charge in [0.15, 0.2) is 0 Å². The fourth-order valence-electron chi connectivity index (χ4n) is 6.32. The van der Waals surface area contributed by atoms with E-state index in [1.165, 1.54) is 9.80 Å². The number of carboxylic acids is 1. The summed E-state index contributed by atoms with van der Waals surface area (Å²) in [6.45, 7) is 5.63. The Hall–Kier alpha value is -3.80. The van der Waals surface area contributed by atoms with Crippen LogP contribution < -0.4 is 10.6 Å². The van der Waals surface area contributed by atoms with Crippen molar-refractivity contribution in [3.8, 4) is 0 Å². The largest absolute Gasteiger partial charge is 0.479 e. The quantitative estimate of drug-likeness (QED) is 0.415. The molecule has 1 aromatic carbocycles. The summed E-state index contributed by atoms with van der Waals surface area (Å²) in [7, 11) is 0. The molecule has 0 bridgehead atoms. The van der Waals surface area contributed by atoms with E-state index in [2.05, 4.69) is 10.6 Å². The number of nitrogens with one attached hydrogen (secondary N) is 2. The molecule has 244 valence electrons. The van der Waals surface area contributed by atoms with Crippen molar-refractivity contribution in [1.29, 1.82) is 0 Å². The zero-order valence-electron chi connectivity index (χ0n) is 25.8. The number of nitrogens with zero attached hydrogens (tertiary/aromatic N) is 2. The lowest BCUT2D eigenvalue weighted by Gasteiger charge is -2.30. The Labute approximate surface area is 267 Å². The lowest BCUT2D eigenvalue weighted by molar-refractivity contribution is -0.145. The molecule has 1 aliphatic carbocycles. The van der Waals surface area contributed by atoms with Crippen LogP contribution >= 0.6 is 11.6 Å². The van der Waals surface area contributed by atoms with Crippen LogP contribution in [-0.2, 0) is 36.9 Å². The van der Waals surface area contributed by atoms with Crippen molar-refractivity contribution in [1.82, 2.24) is 20.4 Å². The molecule has 4 aliphatic rings. The summed E-state index contributed by atoms with van der Waals surface area (Å²) in [6, 6.07) is 3.35. The van der Waals surface area contributed by atoms with Gasteiger partial charge >= 0.3 is 18.2 Å². The molecule has 45 heavy (non-hydrogen) atoms. The number of halogens is 1. The molecular formula is C32H41ClN4O8. The van der Waals surface area contributed by atoms with Crippen molar-refractivity contribution < 1.29 is 38.6 Å². The predicted octanol–water partition coefficient (Wildman–Crippen LogP) is 4.13. The average molecular weight is 645 g/mol. The van der Waals surface area contributed by atoms with E-state index in [1.54, 1.807) is 26.8 Å². The molecule has 0 aromatic heterocycles. The fourth-order valence-corrected chi connectivity index (χ4v) is 6.58. The Morgan fingerprint density at radius 3 is 2.62 bits per heavy atom. The first-order valence-corrected chi connectivity index (χ1v) is 15.9. The molecular weight excluding hydrogens is 604 g/mol. The van der Waals surface area contributed by atoms with Crippen LogP contribution in [0.4, 0.5) is 9.59 Å². The molecule has 5 rings (SSSR count). The zero-order valence-corrected chi connectivity index (χ0v) is 26.6. The average Bonchev–Trinajstić information content (AvgIpc) is 3.27. The van der Waals surface area contributed by atoms with Crippen LogP contribution in [0.25, 0.3) is 0 Å². The molecule has 1 saturated heterocycles. The lowest BCUT2D eigenvalue weighted by Crippen LogP contribution is -2.56. The summed E-state index contributed by atoms with van der Waals surface area (Å²) in [6.07, 6.45) is 5.04. The van der Waals surface area contributed by atoms with Gasteiger partial charge in [-0.3, -0.25) is 14.5 Å². The third-order valence-corrected chi connectivity index (χ3v) is 9.12. The molecule has 12 nitrogen and oxygen atoms in total. The number of hydrogen-bond acceptors (Lipinski definition) is 7. The molecule has 1 saturated carbocycles. The van der Waals surface area contributed by atoms with Crippen molar-refractivity contribution >= 4 is 41.6 Å². The molecule has 1 aromatic rings. The maximum atomic E-state index is 14.1. The highest BCUT2D eigenvalue weighted by molar-refractivity contribution is 6.31. The van der Waals surface area contributed by atoms with Gasteiger partial charge in [-0.25, -0.2) is 14.4 Å². The number of rotatable bonds is 3. The Bertz CT molecular complexity index is 1390. The number of alkyl carbamates (subject to hydrolysis) is 1. The molecule has 3 N–H and O–H groups in total. The highest BCUT2D eigenvalue weighted by atomic mass is 35.5. The Morgan fingerprint density at radius 2 is 1.91 bits per heavy atom. The van der Waals surface area contributed by atoms with Crippen LogP contribution in [0.3, 0.4) is 0 Å². The summed E-state index contributed by atoms with van der Waals surface area (Å²) in [5, 5.41) is 16.0. The van der Waals surface area contributed by atoms with Gasteiger partial charge in [0.05, 0.1) is 13.1 Å². The number of hydrogen-bond donors (Lipinski definition) is 3. The van der Waals surface area contributed by atoms with Crippen LogP contribution in [0.1, 0.15) is 76.8 Å². The van der Waals surface area contributed by atoms with Crippen LogP contribution in [0.15, 0.2) is 30.4 Å². The number of carbonyl (C=O) groups is 5. The van der Waals surface area contributed by atoms with Gasteiger partial charge in [0.2, 0.25) is 11.8 Å². The summed E-state index contributed by atoms with van der Waals surface area (Å²) in [5.41, 5.74) is -0.504. The van der Waals surface area contributed by atoms with Gasteiger partial charge in [0.25, 0.3) is 0 Å². The molecule has 3 heterocycles. The number of benzene rings is 1. The molecule has 4 amide bonds. The summed E-state index contributed by atoms with van der Waals surface area (Å²) in [5.74, 6) is -2.69. The number of carbonyl (C=O) groups excluding carboxylic acids is 4. The highest BCUT2D eigenvalue weighted by Crippen LogP contribution is 2.45. The van der Waals surface area contributed by atoms with Gasteiger partial charge in [-0.2, -0.15) is 0 Å². The maximum absolute atomic E-state index is 14.1. The molecule has 2 fully saturated rings. The number of allylic oxidation sites excluding steroid dienone is 1. The minimum atomic E-state index is -1.47. The summed E-state index contributed by atoms with van der Waals surface area (Å²) in [4.78, 5) is 68.9. The van der Waals surface area contributed by atoms with Crippen molar-refractivity contribution in [2.24, 2.45) is 5.92 Å². The summed E-state index contributed by atoms with van der Waals surface area (Å²) < 4.78 is 11.2. The number of amides is 4. The van der Waals surface area contributed by atoms with E-state index in [4.69, 9.17) is 21.1 Å². The van der Waals surface area contributed by atoms with Gasteiger partial charge < -0.3 is 30.1 Å². The smallest absolute Gasteiger partial charge is 0.410 e. The topological polar surface area (TPSA) is 155 Å². The first-order chi connectivity index (χ1) is 21.3. The van der Waals surface area contributed by atoms with E-state index in [0.29, 0.717) is 24.4 Å². The lowest BCUT2D eigenvalue weighted by atomic mass is 10.0. The number of fused-ring (bicyclic) bond motifs is 3. The molecule has 3 aliphatic heterocycles. The minimum absolute atomic E-state index is 0.0276. The van der Waals surface area contributed by atoms with Crippen molar-refractivity contribution in [3.05, 3.63) is 46.5 Å². The van der Waals surface area contributed by atoms with Crippen LogP contribution in [0, 0.1) is 5.92 Å². The fraction of sp³-hybridized carbons (Fsp3) is 0.594. The van der Waals surface area contributed by atoms with Gasteiger partial charge in [0, 0.05) is 23.9 Å². The molecule has 5 atom stereocenters. The minimum Gasteiger partial charge on any atom is -0.479 e. The Kier molecular flexibility index (Phi) is 9.34. The van der Waals surface area contributed by atoms with E-state index in [-0.39, 0.29) is 31.8 Å². The molecule has 0 radical (unpaired) electrons. The van der Waals surface area contributed by atoms with Crippen LogP contribution in [0.2, 0.25) is 5.02 Å². The maximum Gasteiger partial charge on any atom is 0.410 e. The standard InChI is InChI=1S/C32H41ClN4O8/c1-31(2,3)45-29(42)34-24-13-8-6-4-5-7-11-20-15-32(20,28(40)41)35-26(38)25-14-21(17-37(25)27(24)39)44-30(43)36-16-19-10-9-12-23(33)22(19)18-36/h7,9-12,20-21,24-25H,4-6,8,13-18H2,1-3H3,(H,34,42)(H,35,38)(H,40,41)/b11-7-/t20-,21-,24+,25+,32-/m1/s1. The normalized spacial score (nSPS) is 29.2. The SMILES string of the molecule is CC(C)(C)OC(=O)N[C@H]1CCCCC/C=C\[C@@H]2C[C@@]2(C(=O)O)NC(=O)[C@@H]2C[C@@H](OC(=O)N3Cc4cccc(Cl)c4C3)CN2C1=O. The Morgan fingerprint density at radius 1 is 1.13 bits per heavy atom. The molecule has 0 unspecified atom stereocenters. The monoisotopic (exact) mass is 644 g/mol. The van der Waals surface area contributed by atoms with Crippen molar-refractivity contribution in [2.45, 2.75) is 108 Å². The van der Waals surface area contributed by atoms with Crippen LogP contribution in [0.5, 0.6) is 0 Å². The number of aliphatic carboxylic acids is 1. The molecule has 13 heteroatoms. The van der Waals surface area contributed by atoms with E-state index in [9.17, 15) is 29.1 Å². The first-order valence-electron chi connectivity index (χ1n) is 15.5. The number of ether oxygens (including phenoxy) is 2. The second-order valence-electron chi connectivity index (χ2n) is 13.3. The van der Waals surface area contributed by atoms with E-state index < -0.39 is 59.3 Å². The van der Waals surface area contributed by atoms with Crippen molar-refractivity contribution in [2.75, 3.05) is 6.54 Å². The van der Waals surface area contributed by atoms with Gasteiger partial charge in [-0.1, -0.05) is 48.7 Å². The first kappa shape index (κ1) is 32.6. The van der Waals surface area contributed by atoms with Gasteiger partial charge in [-0.15, -0.1) is 0 Å². The Balaban J connectivity index is 1.37. The van der Waals surface area contributed by atoms with E-state index in [0.717, 1.165) is 30.4 Å². The molecule has 0 spiro atoms. The van der Waals surface area contributed by atoms with Crippen LogP contribution in [-0.4, -0.2) is 80.7 Å².